The first-order valence-electron chi connectivity index (χ1n) is 10.1. The molecule has 0 radical (unpaired) electrons. The zero-order valence-electron chi connectivity index (χ0n) is 19.1. The van der Waals surface area contributed by atoms with Crippen LogP contribution in [-0.4, -0.2) is 52.2 Å². The molecule has 4 rings (SSSR count). The van der Waals surface area contributed by atoms with E-state index >= 15 is 0 Å². The molecule has 0 spiro atoms. The lowest BCUT2D eigenvalue weighted by Crippen LogP contribution is -2.34. The number of rotatable bonds is 6. The van der Waals surface area contributed by atoms with E-state index in [1.54, 1.807) is 16.6 Å². The summed E-state index contributed by atoms with van der Waals surface area (Å²) >= 11 is 6.83. The summed E-state index contributed by atoms with van der Waals surface area (Å²) in [7, 11) is 4.47. The second-order valence-electron chi connectivity index (χ2n) is 7.20. The summed E-state index contributed by atoms with van der Waals surface area (Å²) in [5.74, 6) is 1.44. The fourth-order valence-corrected chi connectivity index (χ4v) is 4.35. The minimum atomic E-state index is -0.422. The van der Waals surface area contributed by atoms with Gasteiger partial charge < -0.3 is 19.5 Å². The van der Waals surface area contributed by atoms with Crippen LogP contribution in [0.1, 0.15) is 21.7 Å². The predicted molar refractivity (Wildman–Crippen MR) is 133 cm³/mol. The fraction of sp³-hybridized carbons (Fsp3) is 0.227. The fourth-order valence-electron chi connectivity index (χ4n) is 3.26. The number of anilines is 1. The lowest BCUT2D eigenvalue weighted by molar-refractivity contribution is 0.0977. The molecule has 0 aliphatic carbocycles. The van der Waals surface area contributed by atoms with E-state index in [0.29, 0.717) is 22.8 Å². The molecular weight excluding hydrogens is 476 g/mol. The molecule has 0 saturated carbocycles. The number of thiocarbonyl (C=S) groups is 1. The number of amides is 1. The lowest BCUT2D eigenvalue weighted by Gasteiger charge is -2.15. The average Bonchev–Trinajstić information content (AvgIpc) is 3.41. The summed E-state index contributed by atoms with van der Waals surface area (Å²) in [5, 5.41) is 19.4. The van der Waals surface area contributed by atoms with Crippen molar-refractivity contribution in [1.29, 1.82) is 0 Å². The van der Waals surface area contributed by atoms with Crippen LogP contribution in [0.2, 0.25) is 0 Å². The molecule has 0 saturated heterocycles. The Morgan fingerprint density at radius 1 is 1.03 bits per heavy atom. The van der Waals surface area contributed by atoms with Crippen LogP contribution < -0.4 is 24.8 Å². The van der Waals surface area contributed by atoms with Crippen molar-refractivity contribution in [1.82, 2.24) is 25.1 Å². The highest BCUT2D eigenvalue weighted by Gasteiger charge is 2.18. The van der Waals surface area contributed by atoms with Gasteiger partial charge in [0.2, 0.25) is 10.7 Å². The molecule has 0 aliphatic heterocycles. The first-order valence-corrected chi connectivity index (χ1v) is 11.3. The number of methoxy groups -OCH3 is 3. The molecule has 2 heterocycles. The lowest BCUT2D eigenvalue weighted by atomic mass is 10.1. The Balaban J connectivity index is 1.53. The molecule has 4 aromatic rings. The monoisotopic (exact) mass is 498 g/mol. The minimum Gasteiger partial charge on any atom is -0.493 e. The second-order valence-corrected chi connectivity index (χ2v) is 8.56. The molecule has 0 bridgehead atoms. The number of benzene rings is 2. The quantitative estimate of drug-likeness (QED) is 0.385. The third kappa shape index (κ3) is 4.50. The van der Waals surface area contributed by atoms with Gasteiger partial charge >= 0.3 is 0 Å². The summed E-state index contributed by atoms with van der Waals surface area (Å²) in [4.78, 5) is 13.6. The summed E-state index contributed by atoms with van der Waals surface area (Å²) in [5.41, 5.74) is 2.89. The van der Waals surface area contributed by atoms with Gasteiger partial charge in [-0.3, -0.25) is 10.1 Å². The Morgan fingerprint density at radius 2 is 1.74 bits per heavy atom. The van der Waals surface area contributed by atoms with E-state index in [-0.39, 0.29) is 5.11 Å². The summed E-state index contributed by atoms with van der Waals surface area (Å²) in [6.07, 6.45) is 0. The maximum absolute atomic E-state index is 12.8. The van der Waals surface area contributed by atoms with E-state index in [9.17, 15) is 4.79 Å². The highest BCUT2D eigenvalue weighted by Crippen LogP contribution is 2.38. The first-order chi connectivity index (χ1) is 16.3. The Hall–Kier alpha value is -3.77. The molecule has 0 fully saturated rings. The summed E-state index contributed by atoms with van der Waals surface area (Å²) in [6, 6.07) is 8.96. The third-order valence-electron chi connectivity index (χ3n) is 5.03. The maximum atomic E-state index is 12.8. The number of hydrogen-bond donors (Lipinski definition) is 2. The Bertz CT molecular complexity index is 1370. The largest absolute Gasteiger partial charge is 0.493 e. The van der Waals surface area contributed by atoms with Gasteiger partial charge in [0.1, 0.15) is 5.01 Å². The van der Waals surface area contributed by atoms with Crippen molar-refractivity contribution in [2.45, 2.75) is 13.8 Å². The number of aryl methyl sites for hydroxylation is 2. The Labute approximate surface area is 204 Å². The normalized spacial score (nSPS) is 10.7. The van der Waals surface area contributed by atoms with Crippen LogP contribution in [0.25, 0.3) is 15.5 Å². The van der Waals surface area contributed by atoms with E-state index in [1.165, 1.54) is 32.7 Å². The molecule has 2 N–H and O–H groups in total. The van der Waals surface area contributed by atoms with Gasteiger partial charge in [0.15, 0.2) is 22.4 Å². The molecule has 0 atom stereocenters. The molecule has 1 amide bonds. The predicted octanol–water partition coefficient (Wildman–Crippen LogP) is 3.62. The van der Waals surface area contributed by atoms with E-state index in [0.717, 1.165) is 32.6 Å². The second kappa shape index (κ2) is 9.61. The molecule has 10 nitrogen and oxygen atoms in total. The van der Waals surface area contributed by atoms with Crippen molar-refractivity contribution in [2.24, 2.45) is 0 Å². The SMILES string of the molecule is COc1cc(C(=O)NC(=S)Nc2cc(-c3nn4c(C)nnc4s3)ccc2C)cc(OC)c1OC. The van der Waals surface area contributed by atoms with Crippen molar-refractivity contribution in [3.63, 3.8) is 0 Å². The molecule has 176 valence electrons. The van der Waals surface area contributed by atoms with E-state index in [4.69, 9.17) is 26.4 Å². The van der Waals surface area contributed by atoms with Gasteiger partial charge in [0.25, 0.3) is 5.91 Å². The minimum absolute atomic E-state index is 0.146. The van der Waals surface area contributed by atoms with Crippen LogP contribution in [0.3, 0.4) is 0 Å². The number of aromatic nitrogens is 4. The van der Waals surface area contributed by atoms with E-state index in [2.05, 4.69) is 25.9 Å². The number of nitrogens with zero attached hydrogens (tertiary/aromatic N) is 4. The zero-order chi connectivity index (χ0) is 24.4. The van der Waals surface area contributed by atoms with Gasteiger partial charge in [-0.2, -0.15) is 9.61 Å². The van der Waals surface area contributed by atoms with Crippen LogP contribution in [0, 0.1) is 13.8 Å². The van der Waals surface area contributed by atoms with Crippen molar-refractivity contribution in [3.05, 3.63) is 47.3 Å². The van der Waals surface area contributed by atoms with Gasteiger partial charge in [-0.15, -0.1) is 10.2 Å². The molecule has 2 aromatic heterocycles. The van der Waals surface area contributed by atoms with Crippen molar-refractivity contribution < 1.29 is 19.0 Å². The number of hydrogen-bond acceptors (Lipinski definition) is 9. The summed E-state index contributed by atoms with van der Waals surface area (Å²) < 4.78 is 17.6. The maximum Gasteiger partial charge on any atom is 0.257 e. The molecule has 2 aromatic carbocycles. The molecular formula is C22H22N6O4S2. The van der Waals surface area contributed by atoms with Crippen molar-refractivity contribution in [3.8, 4) is 27.8 Å². The third-order valence-corrected chi connectivity index (χ3v) is 6.19. The van der Waals surface area contributed by atoms with Crippen LogP contribution in [-0.2, 0) is 0 Å². The van der Waals surface area contributed by atoms with Gasteiger partial charge in [-0.1, -0.05) is 23.5 Å². The Morgan fingerprint density at radius 3 is 2.35 bits per heavy atom. The highest BCUT2D eigenvalue weighted by atomic mass is 32.1. The number of ether oxygens (including phenoxy) is 3. The van der Waals surface area contributed by atoms with Gasteiger partial charge in [-0.25, -0.2) is 0 Å². The number of carbonyl (C=O) groups is 1. The van der Waals surface area contributed by atoms with Gasteiger partial charge in [0.05, 0.1) is 21.3 Å². The van der Waals surface area contributed by atoms with Crippen LogP contribution in [0.5, 0.6) is 17.2 Å². The number of nitrogens with one attached hydrogen (secondary N) is 2. The van der Waals surface area contributed by atoms with E-state index < -0.39 is 5.91 Å². The van der Waals surface area contributed by atoms with Gasteiger partial charge in [-0.05, 0) is 49.8 Å². The number of fused-ring (bicyclic) bond motifs is 1. The first kappa shape index (κ1) is 23.4. The van der Waals surface area contributed by atoms with Crippen LogP contribution in [0.15, 0.2) is 30.3 Å². The van der Waals surface area contributed by atoms with Crippen molar-refractivity contribution >= 4 is 45.2 Å². The van der Waals surface area contributed by atoms with E-state index in [1.807, 2.05) is 32.0 Å². The van der Waals surface area contributed by atoms with Crippen LogP contribution in [0.4, 0.5) is 5.69 Å². The standard InChI is InChI=1S/C22H22N6O4S2/c1-11-6-7-13(20-27-28-12(2)25-26-22(28)34-20)8-15(11)23-21(33)24-19(29)14-9-16(30-3)18(32-5)17(10-14)31-4/h6-10H,1-5H3,(H2,23,24,29,33). The Kier molecular flexibility index (Phi) is 6.61. The average molecular weight is 499 g/mol. The smallest absolute Gasteiger partial charge is 0.257 e. The summed E-state index contributed by atoms with van der Waals surface area (Å²) in [6.45, 7) is 3.79. The molecule has 0 aliphatic rings. The highest BCUT2D eigenvalue weighted by molar-refractivity contribution is 7.80. The molecule has 0 unspecified atom stereocenters. The van der Waals surface area contributed by atoms with Gasteiger partial charge in [0, 0.05) is 16.8 Å². The zero-order valence-corrected chi connectivity index (χ0v) is 20.8. The number of carbonyl (C=O) groups excluding carboxylic acids is 1. The van der Waals surface area contributed by atoms with Crippen molar-refractivity contribution in [2.75, 3.05) is 26.6 Å². The van der Waals surface area contributed by atoms with Crippen LogP contribution >= 0.6 is 23.6 Å². The topological polar surface area (TPSA) is 112 Å². The molecule has 12 heteroatoms. The molecule has 34 heavy (non-hydrogen) atoms.